The Labute approximate surface area is 288 Å². The van der Waals surface area contributed by atoms with Gasteiger partial charge in [-0.05, 0) is 84.5 Å². The van der Waals surface area contributed by atoms with Crippen molar-refractivity contribution in [2.45, 2.75) is 63.3 Å². The summed E-state index contributed by atoms with van der Waals surface area (Å²) in [5, 5.41) is 20.6. The van der Waals surface area contributed by atoms with Crippen LogP contribution in [0.5, 0.6) is 0 Å². The molecular formula is C35H32F6N8O2. The van der Waals surface area contributed by atoms with E-state index in [2.05, 4.69) is 26.6 Å². The fourth-order valence-electron chi connectivity index (χ4n) is 6.77. The van der Waals surface area contributed by atoms with Crippen LogP contribution < -0.4 is 10.2 Å². The molecule has 2 aromatic heterocycles. The van der Waals surface area contributed by atoms with Gasteiger partial charge in [-0.1, -0.05) is 0 Å². The maximum Gasteiger partial charge on any atom is 0.416 e. The van der Waals surface area contributed by atoms with Crippen molar-refractivity contribution in [1.82, 2.24) is 24.6 Å². The van der Waals surface area contributed by atoms with Crippen LogP contribution in [0.25, 0.3) is 22.5 Å². The van der Waals surface area contributed by atoms with Gasteiger partial charge < -0.3 is 14.6 Å². The Kier molecular flexibility index (Phi) is 8.54. The average Bonchev–Trinajstić information content (AvgIpc) is 3.53. The zero-order chi connectivity index (χ0) is 36.3. The fraction of sp³-hybridized carbons (Fsp3) is 0.400. The number of nitriles is 1. The lowest BCUT2D eigenvalue weighted by molar-refractivity contribution is -0.138. The van der Waals surface area contributed by atoms with Crippen LogP contribution in [0.4, 0.5) is 38.0 Å². The topological polar surface area (TPSA) is 112 Å². The molecule has 2 aliphatic heterocycles. The van der Waals surface area contributed by atoms with E-state index in [9.17, 15) is 36.4 Å². The molecule has 2 fully saturated rings. The molecular weight excluding hydrogens is 678 g/mol. The van der Waals surface area contributed by atoms with Gasteiger partial charge in [0.1, 0.15) is 18.0 Å². The summed E-state index contributed by atoms with van der Waals surface area (Å²) in [6.07, 6.45) is -6.79. The molecule has 266 valence electrons. The Morgan fingerprint density at radius 3 is 2.47 bits per heavy atom. The van der Waals surface area contributed by atoms with Crippen molar-refractivity contribution in [3.05, 3.63) is 76.6 Å². The van der Waals surface area contributed by atoms with Gasteiger partial charge in [0.2, 0.25) is 0 Å². The molecule has 16 heteroatoms. The number of morpholine rings is 1. The van der Waals surface area contributed by atoms with Gasteiger partial charge in [0.05, 0.1) is 48.4 Å². The summed E-state index contributed by atoms with van der Waals surface area (Å²) >= 11 is 0. The van der Waals surface area contributed by atoms with Gasteiger partial charge in [0.25, 0.3) is 5.91 Å². The number of halogens is 6. The molecule has 1 saturated carbocycles. The predicted molar refractivity (Wildman–Crippen MR) is 173 cm³/mol. The first-order valence-corrected chi connectivity index (χ1v) is 16.3. The molecule has 2 aromatic carbocycles. The number of rotatable bonds is 8. The lowest BCUT2D eigenvalue weighted by Gasteiger charge is -2.31. The molecule has 0 bridgehead atoms. The van der Waals surface area contributed by atoms with Crippen molar-refractivity contribution in [2.24, 2.45) is 7.05 Å². The number of benzene rings is 2. The SMILES string of the molecule is C[C@H]1CN(Cc2cc3c(c(C(F)(F)F)c2)CN(c2cc(-c4cc(C(F)(F)F)ccc4-c4nncn4C)cc(NC4(CC#N)CC4)n2)C3=O)CCO1. The van der Waals surface area contributed by atoms with Gasteiger partial charge in [-0.2, -0.15) is 31.6 Å². The molecule has 4 heterocycles. The number of carbonyl (C=O) groups is 1. The second-order valence-corrected chi connectivity index (χ2v) is 13.3. The van der Waals surface area contributed by atoms with Crippen LogP contribution in [0.2, 0.25) is 0 Å². The summed E-state index contributed by atoms with van der Waals surface area (Å²) in [5.74, 6) is -0.379. The first-order valence-electron chi connectivity index (χ1n) is 16.3. The van der Waals surface area contributed by atoms with Gasteiger partial charge in [-0.25, -0.2) is 4.98 Å². The minimum absolute atomic E-state index is 0.0676. The Morgan fingerprint density at radius 1 is 1.04 bits per heavy atom. The molecule has 1 amide bonds. The Bertz CT molecular complexity index is 2050. The van der Waals surface area contributed by atoms with E-state index in [0.29, 0.717) is 43.7 Å². The van der Waals surface area contributed by atoms with Crippen LogP contribution in [0, 0.1) is 11.3 Å². The van der Waals surface area contributed by atoms with Gasteiger partial charge >= 0.3 is 12.4 Å². The van der Waals surface area contributed by atoms with Crippen molar-refractivity contribution in [3.63, 3.8) is 0 Å². The molecule has 0 spiro atoms. The maximum atomic E-state index is 14.6. The number of ether oxygens (including phenoxy) is 1. The van der Waals surface area contributed by atoms with Crippen molar-refractivity contribution in [2.75, 3.05) is 29.9 Å². The number of alkyl halides is 6. The Hall–Kier alpha value is -5.01. The number of fused-ring (bicyclic) bond motifs is 1. The third-order valence-corrected chi connectivity index (χ3v) is 9.50. The number of anilines is 2. The number of amides is 1. The van der Waals surface area contributed by atoms with Gasteiger partial charge in [0.15, 0.2) is 5.82 Å². The fourth-order valence-corrected chi connectivity index (χ4v) is 6.77. The van der Waals surface area contributed by atoms with Crippen molar-refractivity contribution in [3.8, 4) is 28.6 Å². The highest BCUT2D eigenvalue weighted by atomic mass is 19.4. The lowest BCUT2D eigenvalue weighted by Crippen LogP contribution is -2.40. The van der Waals surface area contributed by atoms with Gasteiger partial charge in [-0.3, -0.25) is 14.6 Å². The Balaban J connectivity index is 1.35. The van der Waals surface area contributed by atoms with E-state index < -0.39 is 41.5 Å². The van der Waals surface area contributed by atoms with Crippen molar-refractivity contribution >= 4 is 17.5 Å². The second-order valence-electron chi connectivity index (χ2n) is 13.3. The number of carbonyl (C=O) groups excluding carboxylic acids is 1. The Morgan fingerprint density at radius 2 is 1.82 bits per heavy atom. The van der Waals surface area contributed by atoms with E-state index in [1.165, 1.54) is 35.2 Å². The summed E-state index contributed by atoms with van der Waals surface area (Å²) in [5.41, 5.74) is -1.95. The third-order valence-electron chi connectivity index (χ3n) is 9.50. The minimum Gasteiger partial charge on any atom is -0.376 e. The summed E-state index contributed by atoms with van der Waals surface area (Å²) in [6, 6.07) is 10.7. The van der Waals surface area contributed by atoms with E-state index in [1.54, 1.807) is 7.05 Å². The highest BCUT2D eigenvalue weighted by molar-refractivity contribution is 6.10. The van der Waals surface area contributed by atoms with E-state index in [4.69, 9.17) is 4.74 Å². The van der Waals surface area contributed by atoms with E-state index in [0.717, 1.165) is 23.1 Å². The first kappa shape index (κ1) is 34.4. The highest BCUT2D eigenvalue weighted by Gasteiger charge is 2.44. The largest absolute Gasteiger partial charge is 0.416 e. The van der Waals surface area contributed by atoms with Crippen LogP contribution in [-0.2, 0) is 37.2 Å². The first-order chi connectivity index (χ1) is 24.1. The molecule has 1 aliphatic carbocycles. The van der Waals surface area contributed by atoms with Crippen LogP contribution in [0.1, 0.15) is 58.8 Å². The summed E-state index contributed by atoms with van der Waals surface area (Å²) in [6.45, 7) is 3.07. The standard InChI is InChI=1S/C35H32F6N8O2/c1-20-16-48(9-10-51-20)17-21-11-26-27(28(12-21)35(39,40)41)18-49(32(26)50)30-14-22(13-29(44-30)45-33(5-6-33)7-8-42)25-15-23(34(36,37)38)3-4-24(25)31-46-43-19-47(31)2/h3-4,11-15,19-20H,5-7,9-10,16-18H2,1-2H3,(H,44,45)/t20-/m0/s1. The lowest BCUT2D eigenvalue weighted by atomic mass is 9.96. The highest BCUT2D eigenvalue weighted by Crippen LogP contribution is 2.45. The molecule has 0 radical (unpaired) electrons. The number of hydrogen-bond acceptors (Lipinski definition) is 8. The van der Waals surface area contributed by atoms with Crippen LogP contribution in [0.3, 0.4) is 0 Å². The predicted octanol–water partition coefficient (Wildman–Crippen LogP) is 6.82. The quantitative estimate of drug-likeness (QED) is 0.199. The number of aryl methyl sites for hydroxylation is 1. The molecule has 1 N–H and O–H groups in total. The minimum atomic E-state index is -4.77. The summed E-state index contributed by atoms with van der Waals surface area (Å²) < 4.78 is 92.9. The van der Waals surface area contributed by atoms with Crippen molar-refractivity contribution < 1.29 is 35.9 Å². The van der Waals surface area contributed by atoms with Crippen LogP contribution in [-0.4, -0.2) is 61.9 Å². The maximum absolute atomic E-state index is 14.6. The second kappa shape index (κ2) is 12.6. The molecule has 1 atom stereocenters. The van der Waals surface area contributed by atoms with Crippen LogP contribution in [0.15, 0.2) is 48.8 Å². The number of hydrogen-bond donors (Lipinski definition) is 1. The number of nitrogens with one attached hydrogen (secondary N) is 1. The van der Waals surface area contributed by atoms with E-state index >= 15 is 0 Å². The van der Waals surface area contributed by atoms with Crippen LogP contribution >= 0.6 is 0 Å². The zero-order valence-corrected chi connectivity index (χ0v) is 27.6. The number of nitrogens with zero attached hydrogens (tertiary/aromatic N) is 7. The van der Waals surface area contributed by atoms with E-state index in [1.807, 2.05) is 11.8 Å². The van der Waals surface area contributed by atoms with Gasteiger partial charge in [0, 0.05) is 37.8 Å². The van der Waals surface area contributed by atoms with E-state index in [-0.39, 0.29) is 58.8 Å². The summed E-state index contributed by atoms with van der Waals surface area (Å²) in [4.78, 5) is 21.7. The molecule has 7 rings (SSSR count). The molecule has 51 heavy (non-hydrogen) atoms. The number of pyridine rings is 1. The third kappa shape index (κ3) is 6.87. The molecule has 4 aromatic rings. The molecule has 10 nitrogen and oxygen atoms in total. The molecule has 3 aliphatic rings. The van der Waals surface area contributed by atoms with Crippen molar-refractivity contribution in [1.29, 1.82) is 5.26 Å². The zero-order valence-electron chi connectivity index (χ0n) is 27.6. The molecule has 1 saturated heterocycles. The average molecular weight is 711 g/mol. The van der Waals surface area contributed by atoms with Gasteiger partial charge in [-0.15, -0.1) is 10.2 Å². The monoisotopic (exact) mass is 710 g/mol. The smallest absolute Gasteiger partial charge is 0.376 e. The summed E-state index contributed by atoms with van der Waals surface area (Å²) in [7, 11) is 1.63. The number of aromatic nitrogens is 4. The normalized spacial score (nSPS) is 18.8. The molecule has 0 unspecified atom stereocenters.